The van der Waals surface area contributed by atoms with Gasteiger partial charge < -0.3 is 10.3 Å². The SMILES string of the molecule is C=C(CC)Nc1cncc(-c2cnc3[nH]nc(-c4nc5c(-c6ccccc6F)cncc5[nH]4)c3c2)c1. The molecule has 5 aromatic heterocycles. The van der Waals surface area contributed by atoms with Gasteiger partial charge in [-0.25, -0.2) is 14.4 Å². The van der Waals surface area contributed by atoms with Crippen LogP contribution in [-0.4, -0.2) is 35.1 Å². The van der Waals surface area contributed by atoms with E-state index in [2.05, 4.69) is 42.0 Å². The van der Waals surface area contributed by atoms with Crippen molar-refractivity contribution in [1.82, 2.24) is 35.1 Å². The van der Waals surface area contributed by atoms with Crippen molar-refractivity contribution in [2.75, 3.05) is 5.32 Å². The molecule has 0 bridgehead atoms. The second kappa shape index (κ2) is 8.70. The van der Waals surface area contributed by atoms with Crippen molar-refractivity contribution < 1.29 is 4.39 Å². The lowest BCUT2D eigenvalue weighted by atomic mass is 10.1. The number of nitrogens with one attached hydrogen (secondary N) is 3. The minimum absolute atomic E-state index is 0.330. The minimum atomic E-state index is -0.330. The number of anilines is 1. The smallest absolute Gasteiger partial charge is 0.159 e. The predicted octanol–water partition coefficient (Wildman–Crippen LogP) is 6.10. The van der Waals surface area contributed by atoms with Crippen molar-refractivity contribution in [3.05, 3.63) is 85.5 Å². The number of fused-ring (bicyclic) bond motifs is 2. The number of pyridine rings is 3. The summed E-state index contributed by atoms with van der Waals surface area (Å²) in [6.07, 6.45) is 9.43. The zero-order chi connectivity index (χ0) is 24.6. The second-order valence-corrected chi connectivity index (χ2v) is 8.39. The molecule has 176 valence electrons. The number of halogens is 1. The average Bonchev–Trinajstić information content (AvgIpc) is 3.52. The highest BCUT2D eigenvalue weighted by Crippen LogP contribution is 2.33. The Balaban J connectivity index is 1.44. The first-order valence-corrected chi connectivity index (χ1v) is 11.4. The van der Waals surface area contributed by atoms with Gasteiger partial charge in [0, 0.05) is 46.5 Å². The van der Waals surface area contributed by atoms with Gasteiger partial charge in [-0.05, 0) is 24.6 Å². The highest BCUT2D eigenvalue weighted by molar-refractivity contribution is 5.96. The van der Waals surface area contributed by atoms with Gasteiger partial charge in [-0.3, -0.25) is 15.1 Å². The summed E-state index contributed by atoms with van der Waals surface area (Å²) in [5.41, 5.74) is 7.14. The fraction of sp³-hybridized carbons (Fsp3) is 0.0741. The molecule has 0 aliphatic carbocycles. The molecule has 0 spiro atoms. The minimum Gasteiger partial charge on any atom is -0.358 e. The molecule has 3 N–H and O–H groups in total. The van der Waals surface area contributed by atoms with E-state index in [1.54, 1.807) is 49.2 Å². The van der Waals surface area contributed by atoms with E-state index in [4.69, 9.17) is 4.98 Å². The van der Waals surface area contributed by atoms with Crippen LogP contribution in [0.15, 0.2) is 79.7 Å². The van der Waals surface area contributed by atoms with Gasteiger partial charge >= 0.3 is 0 Å². The van der Waals surface area contributed by atoms with Crippen LogP contribution in [0.25, 0.3) is 55.8 Å². The van der Waals surface area contributed by atoms with Crippen LogP contribution in [0, 0.1) is 5.82 Å². The number of rotatable bonds is 6. The summed E-state index contributed by atoms with van der Waals surface area (Å²) in [5, 5.41) is 11.5. The molecule has 6 rings (SSSR count). The van der Waals surface area contributed by atoms with Crippen LogP contribution in [0.4, 0.5) is 10.1 Å². The van der Waals surface area contributed by atoms with Crippen LogP contribution in [0.5, 0.6) is 0 Å². The first kappa shape index (κ1) is 21.6. The third-order valence-corrected chi connectivity index (χ3v) is 6.02. The Morgan fingerprint density at radius 3 is 2.69 bits per heavy atom. The van der Waals surface area contributed by atoms with Crippen molar-refractivity contribution in [1.29, 1.82) is 0 Å². The van der Waals surface area contributed by atoms with Crippen LogP contribution in [-0.2, 0) is 0 Å². The number of H-pyrrole nitrogens is 2. The molecule has 0 saturated heterocycles. The Morgan fingerprint density at radius 1 is 1.00 bits per heavy atom. The normalized spacial score (nSPS) is 11.3. The maximum absolute atomic E-state index is 14.5. The molecule has 8 nitrogen and oxygen atoms in total. The van der Waals surface area contributed by atoms with E-state index in [1.807, 2.05) is 19.1 Å². The van der Waals surface area contributed by atoms with Gasteiger partial charge in [-0.15, -0.1) is 0 Å². The number of hydrogen-bond acceptors (Lipinski definition) is 6. The number of aromatic amines is 2. The standard InChI is InChI=1S/C27H21FN8/c1-3-15(2)32-18-8-16(10-29-12-18)17-9-20-25(35-36-26(20)31-11-17)27-33-23-14-30-13-21(24(23)34-27)19-6-4-5-7-22(19)28/h4-14,32H,2-3H2,1H3,(H,33,34)(H,31,35,36). The van der Waals surface area contributed by atoms with Gasteiger partial charge in [0.2, 0.25) is 0 Å². The Labute approximate surface area is 205 Å². The highest BCUT2D eigenvalue weighted by atomic mass is 19.1. The monoisotopic (exact) mass is 476 g/mol. The number of aromatic nitrogens is 7. The Hall–Kier alpha value is -4.92. The number of allylic oxidation sites excluding steroid dienone is 1. The Kier molecular flexibility index (Phi) is 5.22. The Bertz CT molecular complexity index is 1750. The Morgan fingerprint density at radius 2 is 1.83 bits per heavy atom. The molecule has 0 atom stereocenters. The fourth-order valence-electron chi connectivity index (χ4n) is 4.12. The van der Waals surface area contributed by atoms with Crippen LogP contribution < -0.4 is 5.32 Å². The third kappa shape index (κ3) is 3.76. The average molecular weight is 477 g/mol. The van der Waals surface area contributed by atoms with Gasteiger partial charge in [0.05, 0.1) is 29.0 Å². The lowest BCUT2D eigenvalue weighted by Crippen LogP contribution is -1.97. The maximum atomic E-state index is 14.5. The largest absolute Gasteiger partial charge is 0.358 e. The topological polar surface area (TPSA) is 108 Å². The van der Waals surface area contributed by atoms with Crippen LogP contribution in [0.1, 0.15) is 13.3 Å². The molecule has 0 fully saturated rings. The van der Waals surface area contributed by atoms with E-state index in [0.29, 0.717) is 39.3 Å². The van der Waals surface area contributed by atoms with E-state index >= 15 is 0 Å². The molecule has 36 heavy (non-hydrogen) atoms. The van der Waals surface area contributed by atoms with Crippen LogP contribution >= 0.6 is 0 Å². The fourth-order valence-corrected chi connectivity index (χ4v) is 4.12. The lowest BCUT2D eigenvalue weighted by Gasteiger charge is -2.09. The molecule has 0 aliphatic heterocycles. The zero-order valence-corrected chi connectivity index (χ0v) is 19.4. The highest BCUT2D eigenvalue weighted by Gasteiger charge is 2.18. The van der Waals surface area contributed by atoms with Gasteiger partial charge in [-0.1, -0.05) is 31.7 Å². The molecule has 0 saturated carbocycles. The number of nitrogens with zero attached hydrogens (tertiary/aromatic N) is 5. The van der Waals surface area contributed by atoms with Crippen molar-refractivity contribution >= 4 is 27.8 Å². The van der Waals surface area contributed by atoms with Crippen LogP contribution in [0.3, 0.4) is 0 Å². The number of imidazole rings is 1. The number of hydrogen-bond donors (Lipinski definition) is 3. The van der Waals surface area contributed by atoms with Gasteiger partial charge in [-0.2, -0.15) is 5.10 Å². The molecular formula is C27H21FN8. The van der Waals surface area contributed by atoms with Gasteiger partial charge in [0.15, 0.2) is 11.5 Å². The molecule has 0 unspecified atom stereocenters. The summed E-state index contributed by atoms with van der Waals surface area (Å²) in [7, 11) is 0. The van der Waals surface area contributed by atoms with E-state index in [9.17, 15) is 4.39 Å². The summed E-state index contributed by atoms with van der Waals surface area (Å²) >= 11 is 0. The number of benzene rings is 1. The molecule has 1 aromatic carbocycles. The van der Waals surface area contributed by atoms with E-state index in [-0.39, 0.29) is 5.82 Å². The first-order valence-electron chi connectivity index (χ1n) is 11.4. The zero-order valence-electron chi connectivity index (χ0n) is 19.4. The van der Waals surface area contributed by atoms with E-state index in [0.717, 1.165) is 34.3 Å². The van der Waals surface area contributed by atoms with Crippen molar-refractivity contribution in [3.63, 3.8) is 0 Å². The molecule has 5 heterocycles. The second-order valence-electron chi connectivity index (χ2n) is 8.39. The summed E-state index contributed by atoms with van der Waals surface area (Å²) < 4.78 is 14.5. The molecule has 9 heteroatoms. The summed E-state index contributed by atoms with van der Waals surface area (Å²) in [6, 6.07) is 10.6. The summed E-state index contributed by atoms with van der Waals surface area (Å²) in [4.78, 5) is 21.2. The van der Waals surface area contributed by atoms with Crippen molar-refractivity contribution in [3.8, 4) is 33.8 Å². The third-order valence-electron chi connectivity index (χ3n) is 6.02. The molecule has 0 aliphatic rings. The van der Waals surface area contributed by atoms with Gasteiger partial charge in [0.25, 0.3) is 0 Å². The quantitative estimate of drug-likeness (QED) is 0.268. The van der Waals surface area contributed by atoms with Crippen molar-refractivity contribution in [2.45, 2.75) is 13.3 Å². The van der Waals surface area contributed by atoms with E-state index in [1.165, 1.54) is 6.07 Å². The maximum Gasteiger partial charge on any atom is 0.159 e. The summed E-state index contributed by atoms with van der Waals surface area (Å²) in [5.74, 6) is 0.205. The molecular weight excluding hydrogens is 455 g/mol. The first-order chi connectivity index (χ1) is 17.6. The van der Waals surface area contributed by atoms with E-state index < -0.39 is 0 Å². The predicted molar refractivity (Wildman–Crippen MR) is 138 cm³/mol. The van der Waals surface area contributed by atoms with Crippen molar-refractivity contribution in [2.24, 2.45) is 0 Å². The van der Waals surface area contributed by atoms with Crippen LogP contribution in [0.2, 0.25) is 0 Å². The molecule has 0 amide bonds. The molecule has 6 aromatic rings. The summed E-state index contributed by atoms with van der Waals surface area (Å²) in [6.45, 7) is 6.04. The molecule has 0 radical (unpaired) electrons. The van der Waals surface area contributed by atoms with Gasteiger partial charge in [0.1, 0.15) is 17.0 Å². The lowest BCUT2D eigenvalue weighted by molar-refractivity contribution is 0.631.